The van der Waals surface area contributed by atoms with Crippen LogP contribution in [-0.2, 0) is 14.8 Å². The van der Waals surface area contributed by atoms with Gasteiger partial charge in [0.2, 0.25) is 5.91 Å². The molecular weight excluding hydrogens is 465 g/mol. The minimum absolute atomic E-state index is 0.0161. The Bertz CT molecular complexity index is 995. The molecule has 2 aromatic rings. The number of aryl methyl sites for hydroxylation is 1. The highest BCUT2D eigenvalue weighted by atomic mass is 127. The van der Waals surface area contributed by atoms with Gasteiger partial charge in [-0.3, -0.25) is 9.52 Å². The van der Waals surface area contributed by atoms with E-state index in [2.05, 4.69) is 32.6 Å². The molecule has 0 radical (unpaired) electrons. The normalized spacial score (nSPS) is 11.5. The zero-order valence-electron chi connectivity index (χ0n) is 14.5. The fourth-order valence-corrected chi connectivity index (χ4v) is 3.77. The third-order valence-electron chi connectivity index (χ3n) is 3.62. The SMILES string of the molecule is Cc1ccc(I)c(NS(=O)(=O)c2cccc(NC(=O)C(C)(C)C#N)c2)c1. The molecule has 0 saturated heterocycles. The van der Waals surface area contributed by atoms with E-state index in [-0.39, 0.29) is 4.90 Å². The summed E-state index contributed by atoms with van der Waals surface area (Å²) in [4.78, 5) is 12.1. The summed E-state index contributed by atoms with van der Waals surface area (Å²) in [5.74, 6) is -0.504. The molecule has 0 aliphatic carbocycles. The largest absolute Gasteiger partial charge is 0.325 e. The molecule has 2 aromatic carbocycles. The summed E-state index contributed by atoms with van der Waals surface area (Å²) < 4.78 is 28.7. The third kappa shape index (κ3) is 4.74. The van der Waals surface area contributed by atoms with Crippen LogP contribution in [0.4, 0.5) is 11.4 Å². The fourth-order valence-electron chi connectivity index (χ4n) is 2.00. The van der Waals surface area contributed by atoms with Crippen LogP contribution in [0.25, 0.3) is 0 Å². The number of anilines is 2. The number of hydrogen-bond donors (Lipinski definition) is 2. The summed E-state index contributed by atoms with van der Waals surface area (Å²) >= 11 is 2.06. The molecule has 0 bridgehead atoms. The lowest BCUT2D eigenvalue weighted by Gasteiger charge is -2.16. The summed E-state index contributed by atoms with van der Waals surface area (Å²) in [6, 6.07) is 13.3. The van der Waals surface area contributed by atoms with E-state index in [1.165, 1.54) is 32.0 Å². The number of nitrogens with zero attached hydrogens (tertiary/aromatic N) is 1. The molecule has 1 amide bonds. The molecule has 0 atom stereocenters. The highest BCUT2D eigenvalue weighted by Gasteiger charge is 2.27. The van der Waals surface area contributed by atoms with Gasteiger partial charge in [-0.1, -0.05) is 12.1 Å². The fraction of sp³-hybridized carbons (Fsp3) is 0.222. The third-order valence-corrected chi connectivity index (χ3v) is 5.92. The van der Waals surface area contributed by atoms with E-state index < -0.39 is 21.3 Å². The van der Waals surface area contributed by atoms with E-state index in [0.29, 0.717) is 11.4 Å². The van der Waals surface area contributed by atoms with Crippen molar-refractivity contribution in [2.75, 3.05) is 10.0 Å². The predicted molar refractivity (Wildman–Crippen MR) is 109 cm³/mol. The molecule has 0 unspecified atom stereocenters. The first kappa shape index (κ1) is 20.2. The zero-order chi connectivity index (χ0) is 19.5. The van der Waals surface area contributed by atoms with E-state index in [1.54, 1.807) is 12.1 Å². The summed E-state index contributed by atoms with van der Waals surface area (Å²) in [6.07, 6.45) is 0. The Labute approximate surface area is 166 Å². The number of amides is 1. The van der Waals surface area contributed by atoms with Gasteiger partial charge in [0.05, 0.1) is 16.7 Å². The molecule has 0 fully saturated rings. The van der Waals surface area contributed by atoms with Crippen molar-refractivity contribution in [3.63, 3.8) is 0 Å². The number of sulfonamides is 1. The summed E-state index contributed by atoms with van der Waals surface area (Å²) in [7, 11) is -3.82. The molecule has 26 heavy (non-hydrogen) atoms. The molecule has 2 N–H and O–H groups in total. The lowest BCUT2D eigenvalue weighted by molar-refractivity contribution is -0.121. The molecule has 0 heterocycles. The molecule has 0 saturated carbocycles. The number of carbonyl (C=O) groups excluding carboxylic acids is 1. The van der Waals surface area contributed by atoms with Crippen molar-refractivity contribution in [1.82, 2.24) is 0 Å². The van der Waals surface area contributed by atoms with Crippen molar-refractivity contribution >= 4 is 49.9 Å². The van der Waals surface area contributed by atoms with Crippen molar-refractivity contribution in [2.45, 2.75) is 25.7 Å². The van der Waals surface area contributed by atoms with Crippen LogP contribution in [0, 0.1) is 27.2 Å². The molecule has 8 heteroatoms. The predicted octanol–water partition coefficient (Wildman–Crippen LogP) is 3.89. The van der Waals surface area contributed by atoms with E-state index in [4.69, 9.17) is 5.26 Å². The second-order valence-electron chi connectivity index (χ2n) is 6.31. The number of carbonyl (C=O) groups is 1. The highest BCUT2D eigenvalue weighted by molar-refractivity contribution is 14.1. The van der Waals surface area contributed by atoms with Crippen LogP contribution in [0.3, 0.4) is 0 Å². The summed E-state index contributed by atoms with van der Waals surface area (Å²) in [5, 5.41) is 11.6. The molecule has 0 aliphatic rings. The first-order valence-corrected chi connectivity index (χ1v) is 10.2. The average molecular weight is 483 g/mol. The molecule has 6 nitrogen and oxygen atoms in total. The molecule has 0 aliphatic heterocycles. The van der Waals surface area contributed by atoms with Crippen LogP contribution >= 0.6 is 22.6 Å². The number of benzene rings is 2. The van der Waals surface area contributed by atoms with Crippen LogP contribution in [0.15, 0.2) is 47.4 Å². The van der Waals surface area contributed by atoms with Crippen LogP contribution in [0.5, 0.6) is 0 Å². The van der Waals surface area contributed by atoms with Crippen molar-refractivity contribution < 1.29 is 13.2 Å². The Balaban J connectivity index is 2.30. The van der Waals surface area contributed by atoms with E-state index in [9.17, 15) is 13.2 Å². The average Bonchev–Trinajstić information content (AvgIpc) is 2.58. The smallest absolute Gasteiger partial charge is 0.262 e. The van der Waals surface area contributed by atoms with E-state index >= 15 is 0 Å². The van der Waals surface area contributed by atoms with Gasteiger partial charge in [-0.2, -0.15) is 5.26 Å². The van der Waals surface area contributed by atoms with E-state index in [1.807, 2.05) is 25.1 Å². The highest BCUT2D eigenvalue weighted by Crippen LogP contribution is 2.25. The Morgan fingerprint density at radius 1 is 1.19 bits per heavy atom. The quantitative estimate of drug-likeness (QED) is 0.631. The Morgan fingerprint density at radius 2 is 1.88 bits per heavy atom. The van der Waals surface area contributed by atoms with Crippen molar-refractivity contribution in [1.29, 1.82) is 5.26 Å². The maximum absolute atomic E-state index is 12.7. The summed E-state index contributed by atoms with van der Waals surface area (Å²) in [5.41, 5.74) is 0.513. The summed E-state index contributed by atoms with van der Waals surface area (Å²) in [6.45, 7) is 4.86. The molecule has 2 rings (SSSR count). The van der Waals surface area contributed by atoms with Gasteiger partial charge in [-0.15, -0.1) is 0 Å². The van der Waals surface area contributed by atoms with Crippen LogP contribution in [-0.4, -0.2) is 14.3 Å². The minimum atomic E-state index is -3.82. The van der Waals surface area contributed by atoms with Gasteiger partial charge in [0, 0.05) is 9.26 Å². The van der Waals surface area contributed by atoms with Gasteiger partial charge in [-0.25, -0.2) is 8.42 Å². The molecule has 0 spiro atoms. The number of rotatable bonds is 5. The van der Waals surface area contributed by atoms with Crippen molar-refractivity contribution in [3.05, 3.63) is 51.6 Å². The zero-order valence-corrected chi connectivity index (χ0v) is 17.5. The Hall–Kier alpha value is -2.12. The minimum Gasteiger partial charge on any atom is -0.325 e. The number of hydrogen-bond acceptors (Lipinski definition) is 4. The maximum Gasteiger partial charge on any atom is 0.262 e. The number of nitrogens with one attached hydrogen (secondary N) is 2. The first-order chi connectivity index (χ1) is 12.0. The van der Waals surface area contributed by atoms with E-state index in [0.717, 1.165) is 9.13 Å². The lowest BCUT2D eigenvalue weighted by Crippen LogP contribution is -2.29. The Kier molecular flexibility index (Phi) is 5.93. The van der Waals surface area contributed by atoms with Gasteiger partial charge in [0.25, 0.3) is 10.0 Å². The first-order valence-electron chi connectivity index (χ1n) is 7.67. The number of halogens is 1. The van der Waals surface area contributed by atoms with Crippen molar-refractivity contribution in [2.24, 2.45) is 5.41 Å². The van der Waals surface area contributed by atoms with Crippen LogP contribution in [0.1, 0.15) is 19.4 Å². The van der Waals surface area contributed by atoms with Gasteiger partial charge in [0.15, 0.2) is 0 Å². The second kappa shape index (κ2) is 7.63. The topological polar surface area (TPSA) is 99.1 Å². The van der Waals surface area contributed by atoms with Gasteiger partial charge >= 0.3 is 0 Å². The van der Waals surface area contributed by atoms with Crippen LogP contribution in [0.2, 0.25) is 0 Å². The Morgan fingerprint density at radius 3 is 2.54 bits per heavy atom. The molecular formula is C18H18IN3O3S. The van der Waals surface area contributed by atoms with Crippen molar-refractivity contribution in [3.8, 4) is 6.07 Å². The number of nitriles is 1. The molecule has 136 valence electrons. The lowest BCUT2D eigenvalue weighted by atomic mass is 9.95. The maximum atomic E-state index is 12.7. The standard InChI is InChI=1S/C18H18IN3O3S/c1-12-7-8-15(19)16(9-12)22-26(24,25)14-6-4-5-13(10-14)21-17(23)18(2,3)11-20/h4-10,22H,1-3H3,(H,21,23). The second-order valence-corrected chi connectivity index (χ2v) is 9.15. The molecule has 0 aromatic heterocycles. The van der Waals surface area contributed by atoms with Crippen LogP contribution < -0.4 is 10.0 Å². The van der Waals surface area contributed by atoms with Gasteiger partial charge in [0.1, 0.15) is 5.41 Å². The van der Waals surface area contributed by atoms with Gasteiger partial charge in [-0.05, 0) is 79.3 Å². The van der Waals surface area contributed by atoms with Gasteiger partial charge < -0.3 is 5.32 Å². The monoisotopic (exact) mass is 483 g/mol.